The van der Waals surface area contributed by atoms with Crippen molar-refractivity contribution in [1.29, 1.82) is 0 Å². The Morgan fingerprint density at radius 3 is 2.75 bits per heavy atom. The van der Waals surface area contributed by atoms with E-state index in [0.717, 1.165) is 25.3 Å². The summed E-state index contributed by atoms with van der Waals surface area (Å²) in [5.41, 5.74) is 1.65. The number of methoxy groups -OCH3 is 1. The van der Waals surface area contributed by atoms with Crippen molar-refractivity contribution in [3.05, 3.63) is 35.4 Å². The van der Waals surface area contributed by atoms with Gasteiger partial charge in [-0.05, 0) is 17.7 Å². The highest BCUT2D eigenvalue weighted by Gasteiger charge is 2.15. The van der Waals surface area contributed by atoms with Gasteiger partial charge >= 0.3 is 5.97 Å². The van der Waals surface area contributed by atoms with E-state index < -0.39 is 0 Å². The Labute approximate surface area is 94.6 Å². The monoisotopic (exact) mass is 221 g/mol. The second-order valence-electron chi connectivity index (χ2n) is 3.68. The fraction of sp³-hybridized carbons (Fsp3) is 0.417. The number of carbonyl (C=O) groups excluding carboxylic acids is 1. The molecule has 1 aliphatic heterocycles. The van der Waals surface area contributed by atoms with Crippen LogP contribution in [0.2, 0.25) is 0 Å². The summed E-state index contributed by atoms with van der Waals surface area (Å²) in [5.74, 6) is -0.311. The highest BCUT2D eigenvalue weighted by Crippen LogP contribution is 2.19. The largest absolute Gasteiger partial charge is 0.465 e. The van der Waals surface area contributed by atoms with E-state index in [0.29, 0.717) is 5.56 Å². The molecule has 0 amide bonds. The Hall–Kier alpha value is -1.39. The normalized spacial score (nSPS) is 20.4. The van der Waals surface area contributed by atoms with E-state index in [1.165, 1.54) is 7.11 Å². The second kappa shape index (κ2) is 5.09. The maximum atomic E-state index is 11.2. The highest BCUT2D eigenvalue weighted by atomic mass is 16.5. The molecule has 1 fully saturated rings. The van der Waals surface area contributed by atoms with Crippen LogP contribution in [-0.4, -0.2) is 32.8 Å². The predicted octanol–water partition coefficient (Wildman–Crippen LogP) is 1.13. The van der Waals surface area contributed by atoms with E-state index in [9.17, 15) is 4.79 Å². The molecule has 1 atom stereocenters. The Morgan fingerprint density at radius 1 is 1.44 bits per heavy atom. The van der Waals surface area contributed by atoms with E-state index in [1.54, 1.807) is 12.1 Å². The zero-order valence-electron chi connectivity index (χ0n) is 9.23. The molecule has 0 radical (unpaired) electrons. The average molecular weight is 221 g/mol. The first-order chi connectivity index (χ1) is 7.81. The first kappa shape index (κ1) is 11.1. The lowest BCUT2D eigenvalue weighted by atomic mass is 10.1. The van der Waals surface area contributed by atoms with E-state index in [4.69, 9.17) is 4.74 Å². The molecule has 0 saturated carbocycles. The standard InChI is InChI=1S/C12H15NO3/c1-15-12(14)10-4-2-9(3-5-10)11-8-13-6-7-16-11/h2-5,11,13H,6-8H2,1H3/t11-/m1/s1. The number of benzene rings is 1. The van der Waals surface area contributed by atoms with Crippen LogP contribution in [0.15, 0.2) is 24.3 Å². The summed E-state index contributed by atoms with van der Waals surface area (Å²) in [6.07, 6.45) is 0.0837. The molecule has 4 heteroatoms. The van der Waals surface area contributed by atoms with Crippen molar-refractivity contribution in [2.75, 3.05) is 26.8 Å². The Morgan fingerprint density at radius 2 is 2.19 bits per heavy atom. The fourth-order valence-corrected chi connectivity index (χ4v) is 1.73. The molecule has 16 heavy (non-hydrogen) atoms. The van der Waals surface area contributed by atoms with Crippen molar-refractivity contribution in [2.45, 2.75) is 6.10 Å². The van der Waals surface area contributed by atoms with Crippen molar-refractivity contribution >= 4 is 5.97 Å². The minimum Gasteiger partial charge on any atom is -0.465 e. The van der Waals surface area contributed by atoms with Crippen molar-refractivity contribution in [3.8, 4) is 0 Å². The minimum absolute atomic E-state index is 0.0837. The Bertz CT molecular complexity index is 355. The second-order valence-corrected chi connectivity index (χ2v) is 3.68. The quantitative estimate of drug-likeness (QED) is 0.761. The maximum Gasteiger partial charge on any atom is 0.337 e. The molecular formula is C12H15NO3. The summed E-state index contributed by atoms with van der Waals surface area (Å²) >= 11 is 0. The Kier molecular flexibility index (Phi) is 3.54. The van der Waals surface area contributed by atoms with Gasteiger partial charge in [0.05, 0.1) is 25.4 Å². The van der Waals surface area contributed by atoms with Gasteiger partial charge in [0.1, 0.15) is 0 Å². The zero-order chi connectivity index (χ0) is 11.4. The molecule has 0 aliphatic carbocycles. The van der Waals surface area contributed by atoms with Gasteiger partial charge in [-0.15, -0.1) is 0 Å². The van der Waals surface area contributed by atoms with E-state index in [1.807, 2.05) is 12.1 Å². The summed E-state index contributed by atoms with van der Waals surface area (Å²) in [4.78, 5) is 11.2. The molecule has 2 rings (SSSR count). The zero-order valence-corrected chi connectivity index (χ0v) is 9.23. The van der Waals surface area contributed by atoms with E-state index in [2.05, 4.69) is 10.1 Å². The van der Waals surface area contributed by atoms with Gasteiger partial charge < -0.3 is 14.8 Å². The summed E-state index contributed by atoms with van der Waals surface area (Å²) in [7, 11) is 1.38. The molecule has 1 N–H and O–H groups in total. The first-order valence-corrected chi connectivity index (χ1v) is 5.32. The maximum absolute atomic E-state index is 11.2. The molecule has 1 saturated heterocycles. The van der Waals surface area contributed by atoms with E-state index in [-0.39, 0.29) is 12.1 Å². The number of hydrogen-bond acceptors (Lipinski definition) is 4. The number of carbonyl (C=O) groups is 1. The SMILES string of the molecule is COC(=O)c1ccc([C@H]2CNCCO2)cc1. The van der Waals surface area contributed by atoms with Gasteiger partial charge in [0, 0.05) is 13.1 Å². The van der Waals surface area contributed by atoms with Gasteiger partial charge in [-0.3, -0.25) is 0 Å². The van der Waals surface area contributed by atoms with Crippen LogP contribution < -0.4 is 5.32 Å². The molecule has 86 valence electrons. The van der Waals surface area contributed by atoms with Gasteiger partial charge in [-0.1, -0.05) is 12.1 Å². The molecule has 1 aromatic rings. The molecule has 1 heterocycles. The minimum atomic E-state index is -0.311. The molecule has 0 spiro atoms. The van der Waals surface area contributed by atoms with Gasteiger partial charge in [0.15, 0.2) is 0 Å². The van der Waals surface area contributed by atoms with Gasteiger partial charge in [0.25, 0.3) is 0 Å². The average Bonchev–Trinajstić information content (AvgIpc) is 2.39. The number of morpholine rings is 1. The molecular weight excluding hydrogens is 206 g/mol. The van der Waals surface area contributed by atoms with Crippen LogP contribution in [0.25, 0.3) is 0 Å². The molecule has 4 nitrogen and oxygen atoms in total. The smallest absolute Gasteiger partial charge is 0.337 e. The van der Waals surface area contributed by atoms with Crippen LogP contribution in [0.5, 0.6) is 0 Å². The summed E-state index contributed by atoms with van der Waals surface area (Å²) < 4.78 is 10.3. The van der Waals surface area contributed by atoms with E-state index >= 15 is 0 Å². The van der Waals surface area contributed by atoms with Crippen LogP contribution >= 0.6 is 0 Å². The number of hydrogen-bond donors (Lipinski definition) is 1. The summed E-state index contributed by atoms with van der Waals surface area (Å²) in [6.45, 7) is 2.44. The van der Waals surface area contributed by atoms with Gasteiger partial charge in [0.2, 0.25) is 0 Å². The predicted molar refractivity (Wildman–Crippen MR) is 59.3 cm³/mol. The third-order valence-corrected chi connectivity index (χ3v) is 2.63. The molecule has 0 unspecified atom stereocenters. The first-order valence-electron chi connectivity index (χ1n) is 5.32. The Balaban J connectivity index is 2.09. The lowest BCUT2D eigenvalue weighted by molar-refractivity contribution is 0.0276. The molecule has 1 aliphatic rings. The number of esters is 1. The van der Waals surface area contributed by atoms with Crippen molar-refractivity contribution < 1.29 is 14.3 Å². The van der Waals surface area contributed by atoms with Gasteiger partial charge in [-0.25, -0.2) is 4.79 Å². The van der Waals surface area contributed by atoms with Gasteiger partial charge in [-0.2, -0.15) is 0 Å². The van der Waals surface area contributed by atoms with Crippen molar-refractivity contribution in [1.82, 2.24) is 5.32 Å². The third-order valence-electron chi connectivity index (χ3n) is 2.63. The number of ether oxygens (including phenoxy) is 2. The van der Waals surface area contributed by atoms with Crippen LogP contribution in [0, 0.1) is 0 Å². The summed E-state index contributed by atoms with van der Waals surface area (Å²) in [5, 5.41) is 3.27. The molecule has 1 aromatic carbocycles. The third kappa shape index (κ3) is 2.40. The summed E-state index contributed by atoms with van der Waals surface area (Å²) in [6, 6.07) is 7.34. The molecule has 0 bridgehead atoms. The molecule has 0 aromatic heterocycles. The fourth-order valence-electron chi connectivity index (χ4n) is 1.73. The van der Waals surface area contributed by atoms with Crippen molar-refractivity contribution in [3.63, 3.8) is 0 Å². The topological polar surface area (TPSA) is 47.6 Å². The van der Waals surface area contributed by atoms with Crippen LogP contribution in [0.4, 0.5) is 0 Å². The number of nitrogens with one attached hydrogen (secondary N) is 1. The van der Waals surface area contributed by atoms with Crippen LogP contribution in [0.1, 0.15) is 22.0 Å². The van der Waals surface area contributed by atoms with Crippen LogP contribution in [-0.2, 0) is 9.47 Å². The lowest BCUT2D eigenvalue weighted by Crippen LogP contribution is -2.33. The lowest BCUT2D eigenvalue weighted by Gasteiger charge is -2.23. The van der Waals surface area contributed by atoms with Crippen molar-refractivity contribution in [2.24, 2.45) is 0 Å². The van der Waals surface area contributed by atoms with Crippen LogP contribution in [0.3, 0.4) is 0 Å². The number of rotatable bonds is 2. The highest BCUT2D eigenvalue weighted by molar-refractivity contribution is 5.89.